The molecule has 0 aliphatic heterocycles. The molecule has 0 unspecified atom stereocenters. The van der Waals surface area contributed by atoms with Gasteiger partial charge in [0.05, 0.1) is 11.9 Å². The summed E-state index contributed by atoms with van der Waals surface area (Å²) < 4.78 is 2.79. The average Bonchev–Trinajstić information content (AvgIpc) is 2.90. The molecule has 2 heterocycles. The van der Waals surface area contributed by atoms with E-state index in [-0.39, 0.29) is 0 Å². The molecule has 0 saturated carbocycles. The van der Waals surface area contributed by atoms with Crippen molar-refractivity contribution in [3.05, 3.63) is 65.4 Å². The Morgan fingerprint density at radius 3 is 2.50 bits per heavy atom. The van der Waals surface area contributed by atoms with Crippen LogP contribution in [0.3, 0.4) is 0 Å². The molecule has 0 fully saturated rings. The van der Waals surface area contributed by atoms with Crippen molar-refractivity contribution in [2.75, 3.05) is 0 Å². The second-order valence-corrected chi connectivity index (χ2v) is 4.74. The molecule has 0 amide bonds. The molecule has 1 aromatic carbocycles. The van der Waals surface area contributed by atoms with Gasteiger partial charge in [0.2, 0.25) is 0 Å². The molecule has 0 atom stereocenters. The summed E-state index contributed by atoms with van der Waals surface area (Å²) in [6, 6.07) is 16.0. The number of halogens is 1. The van der Waals surface area contributed by atoms with Crippen molar-refractivity contribution < 1.29 is 0 Å². The Morgan fingerprint density at radius 2 is 1.78 bits per heavy atom. The molecule has 0 radical (unpaired) electrons. The first kappa shape index (κ1) is 11.2. The van der Waals surface area contributed by atoms with Crippen LogP contribution < -0.4 is 0 Å². The molecule has 3 rings (SSSR count). The predicted molar refractivity (Wildman–Crippen MR) is 74.5 cm³/mol. The molecular formula is C14H10BrN3. The van der Waals surface area contributed by atoms with E-state index in [4.69, 9.17) is 0 Å². The molecule has 3 aromatic rings. The highest BCUT2D eigenvalue weighted by atomic mass is 79.9. The normalized spacial score (nSPS) is 10.5. The van der Waals surface area contributed by atoms with E-state index in [1.807, 2.05) is 41.1 Å². The molecule has 0 saturated heterocycles. The number of benzene rings is 1. The molecule has 0 aliphatic rings. The zero-order valence-corrected chi connectivity index (χ0v) is 11.1. The molecule has 0 spiro atoms. The van der Waals surface area contributed by atoms with Gasteiger partial charge in [0.15, 0.2) is 5.82 Å². The summed E-state index contributed by atoms with van der Waals surface area (Å²) in [6.45, 7) is 0. The quantitative estimate of drug-likeness (QED) is 0.722. The molecular weight excluding hydrogens is 290 g/mol. The van der Waals surface area contributed by atoms with Gasteiger partial charge in [-0.15, -0.1) is 0 Å². The Balaban J connectivity index is 2.10. The molecule has 4 heteroatoms. The summed E-state index contributed by atoms with van der Waals surface area (Å²) in [5, 5.41) is 4.33. The van der Waals surface area contributed by atoms with Crippen molar-refractivity contribution in [3.63, 3.8) is 0 Å². The Labute approximate surface area is 113 Å². The van der Waals surface area contributed by atoms with Gasteiger partial charge in [-0.05, 0) is 34.1 Å². The molecule has 2 aromatic heterocycles. The largest absolute Gasteiger partial charge is 0.236 e. The maximum absolute atomic E-state index is 4.36. The van der Waals surface area contributed by atoms with E-state index in [0.29, 0.717) is 0 Å². The fourth-order valence-electron chi connectivity index (χ4n) is 1.81. The standard InChI is InChI=1S/C14H10BrN3/c15-12-6-7-14(16-10-12)18-13(8-9-17-18)11-4-2-1-3-5-11/h1-10H. The minimum absolute atomic E-state index is 0.807. The van der Waals surface area contributed by atoms with Crippen LogP contribution >= 0.6 is 15.9 Å². The van der Waals surface area contributed by atoms with Crippen molar-refractivity contribution in [2.45, 2.75) is 0 Å². The summed E-state index contributed by atoms with van der Waals surface area (Å²) in [5.74, 6) is 0.807. The van der Waals surface area contributed by atoms with E-state index < -0.39 is 0 Å². The number of hydrogen-bond acceptors (Lipinski definition) is 2. The summed E-state index contributed by atoms with van der Waals surface area (Å²) in [5.41, 5.74) is 2.16. The van der Waals surface area contributed by atoms with Gasteiger partial charge >= 0.3 is 0 Å². The second kappa shape index (κ2) is 4.74. The minimum atomic E-state index is 0.807. The molecule has 0 bridgehead atoms. The van der Waals surface area contributed by atoms with Crippen LogP contribution in [-0.4, -0.2) is 14.8 Å². The minimum Gasteiger partial charge on any atom is -0.236 e. The van der Waals surface area contributed by atoms with Crippen LogP contribution in [-0.2, 0) is 0 Å². The maximum Gasteiger partial charge on any atom is 0.154 e. The van der Waals surface area contributed by atoms with Gasteiger partial charge in [0.25, 0.3) is 0 Å². The topological polar surface area (TPSA) is 30.7 Å². The van der Waals surface area contributed by atoms with Gasteiger partial charge < -0.3 is 0 Å². The van der Waals surface area contributed by atoms with Crippen molar-refractivity contribution in [1.29, 1.82) is 0 Å². The molecule has 3 nitrogen and oxygen atoms in total. The highest BCUT2D eigenvalue weighted by Crippen LogP contribution is 2.21. The van der Waals surface area contributed by atoms with Gasteiger partial charge in [0, 0.05) is 16.2 Å². The number of nitrogens with zero attached hydrogens (tertiary/aromatic N) is 3. The smallest absolute Gasteiger partial charge is 0.154 e. The maximum atomic E-state index is 4.36. The van der Waals surface area contributed by atoms with Gasteiger partial charge in [-0.2, -0.15) is 5.10 Å². The van der Waals surface area contributed by atoms with Crippen LogP contribution in [0.2, 0.25) is 0 Å². The third kappa shape index (κ3) is 2.07. The molecule has 18 heavy (non-hydrogen) atoms. The van der Waals surface area contributed by atoms with Gasteiger partial charge in [-0.1, -0.05) is 30.3 Å². The fourth-order valence-corrected chi connectivity index (χ4v) is 2.04. The van der Waals surface area contributed by atoms with E-state index in [9.17, 15) is 0 Å². The van der Waals surface area contributed by atoms with E-state index in [1.165, 1.54) is 0 Å². The Morgan fingerprint density at radius 1 is 0.944 bits per heavy atom. The summed E-state index contributed by atoms with van der Waals surface area (Å²) in [7, 11) is 0. The highest BCUT2D eigenvalue weighted by molar-refractivity contribution is 9.10. The van der Waals surface area contributed by atoms with Crippen molar-refractivity contribution >= 4 is 15.9 Å². The first-order valence-corrected chi connectivity index (χ1v) is 6.35. The number of hydrogen-bond donors (Lipinski definition) is 0. The number of rotatable bonds is 2. The fraction of sp³-hybridized carbons (Fsp3) is 0. The van der Waals surface area contributed by atoms with E-state index >= 15 is 0 Å². The SMILES string of the molecule is Brc1ccc(-n2nccc2-c2ccccc2)nc1. The summed E-state index contributed by atoms with van der Waals surface area (Å²) >= 11 is 3.38. The van der Waals surface area contributed by atoms with Crippen LogP contribution in [0.15, 0.2) is 65.4 Å². The van der Waals surface area contributed by atoms with Crippen molar-refractivity contribution in [2.24, 2.45) is 0 Å². The predicted octanol–water partition coefficient (Wildman–Crippen LogP) is 3.70. The monoisotopic (exact) mass is 299 g/mol. The van der Waals surface area contributed by atoms with Crippen molar-refractivity contribution in [3.8, 4) is 17.1 Å². The third-order valence-electron chi connectivity index (χ3n) is 2.64. The van der Waals surface area contributed by atoms with Crippen molar-refractivity contribution in [1.82, 2.24) is 14.8 Å². The van der Waals surface area contributed by atoms with Crippen LogP contribution in [0, 0.1) is 0 Å². The van der Waals surface area contributed by atoms with Crippen LogP contribution in [0.4, 0.5) is 0 Å². The summed E-state index contributed by atoms with van der Waals surface area (Å²) in [6.07, 6.45) is 3.55. The lowest BCUT2D eigenvalue weighted by Gasteiger charge is -2.06. The zero-order valence-electron chi connectivity index (χ0n) is 9.49. The molecule has 0 N–H and O–H groups in total. The Hall–Kier alpha value is -1.94. The second-order valence-electron chi connectivity index (χ2n) is 3.83. The van der Waals surface area contributed by atoms with Gasteiger partial charge in [0.1, 0.15) is 0 Å². The zero-order chi connectivity index (χ0) is 12.4. The molecule has 88 valence electrons. The van der Waals surface area contributed by atoms with Gasteiger partial charge in [-0.25, -0.2) is 9.67 Å². The van der Waals surface area contributed by atoms with E-state index in [2.05, 4.69) is 38.1 Å². The van der Waals surface area contributed by atoms with E-state index in [1.54, 1.807) is 12.4 Å². The highest BCUT2D eigenvalue weighted by Gasteiger charge is 2.07. The number of aromatic nitrogens is 3. The third-order valence-corrected chi connectivity index (χ3v) is 3.11. The Bertz CT molecular complexity index is 644. The first-order valence-electron chi connectivity index (χ1n) is 5.56. The number of pyridine rings is 1. The van der Waals surface area contributed by atoms with Crippen LogP contribution in [0.25, 0.3) is 17.1 Å². The lowest BCUT2D eigenvalue weighted by atomic mass is 10.1. The molecule has 0 aliphatic carbocycles. The lowest BCUT2D eigenvalue weighted by Crippen LogP contribution is -2.00. The Kier molecular flexibility index (Phi) is 2.94. The first-order chi connectivity index (χ1) is 8.84. The summed E-state index contributed by atoms with van der Waals surface area (Å²) in [4.78, 5) is 4.36. The van der Waals surface area contributed by atoms with Crippen LogP contribution in [0.5, 0.6) is 0 Å². The lowest BCUT2D eigenvalue weighted by molar-refractivity contribution is 0.853. The van der Waals surface area contributed by atoms with Crippen LogP contribution in [0.1, 0.15) is 0 Å². The van der Waals surface area contributed by atoms with E-state index in [0.717, 1.165) is 21.5 Å². The average molecular weight is 300 g/mol. The van der Waals surface area contributed by atoms with Gasteiger partial charge in [-0.3, -0.25) is 0 Å².